The van der Waals surface area contributed by atoms with Gasteiger partial charge in [0.2, 0.25) is 10.0 Å². The minimum Gasteiger partial charge on any atom is -0.480 e. The molecule has 0 fully saturated rings. The van der Waals surface area contributed by atoms with E-state index < -0.39 is 28.0 Å². The molecule has 0 aromatic heterocycles. The molecule has 1 atom stereocenters. The van der Waals surface area contributed by atoms with Crippen LogP contribution >= 0.6 is 0 Å². The Balaban J connectivity index is 3.08. The molecule has 0 saturated heterocycles. The van der Waals surface area contributed by atoms with Crippen LogP contribution in [0.25, 0.3) is 0 Å². The Bertz CT molecular complexity index is 683. The van der Waals surface area contributed by atoms with Crippen LogP contribution < -0.4 is 4.72 Å². The van der Waals surface area contributed by atoms with Gasteiger partial charge in [0.05, 0.1) is 17.6 Å². The van der Waals surface area contributed by atoms with E-state index >= 15 is 0 Å². The van der Waals surface area contributed by atoms with Crippen molar-refractivity contribution in [2.24, 2.45) is 0 Å². The molecule has 128 valence electrons. The van der Waals surface area contributed by atoms with Crippen molar-refractivity contribution >= 4 is 22.0 Å². The molecule has 23 heavy (non-hydrogen) atoms. The maximum atomic E-state index is 12.4. The number of carboxylic acids is 1. The molecule has 0 aliphatic heterocycles. The van der Waals surface area contributed by atoms with Crippen LogP contribution in [0.1, 0.15) is 42.1 Å². The van der Waals surface area contributed by atoms with Gasteiger partial charge in [0.1, 0.15) is 6.04 Å². The second kappa shape index (κ2) is 8.07. The molecule has 2 N–H and O–H groups in total. The third kappa shape index (κ3) is 5.04. The predicted molar refractivity (Wildman–Crippen MR) is 83.8 cm³/mol. The van der Waals surface area contributed by atoms with E-state index in [0.717, 1.165) is 6.42 Å². The summed E-state index contributed by atoms with van der Waals surface area (Å²) in [5.74, 6) is -1.79. The van der Waals surface area contributed by atoms with Crippen LogP contribution in [0.5, 0.6) is 0 Å². The van der Waals surface area contributed by atoms with Gasteiger partial charge in [-0.25, -0.2) is 13.2 Å². The van der Waals surface area contributed by atoms with Gasteiger partial charge >= 0.3 is 11.9 Å². The van der Waals surface area contributed by atoms with Crippen molar-refractivity contribution in [1.29, 1.82) is 0 Å². The molecular formula is C15H21NO6S. The summed E-state index contributed by atoms with van der Waals surface area (Å²) in [6.45, 7) is 3.42. The van der Waals surface area contributed by atoms with Crippen LogP contribution in [-0.2, 0) is 19.6 Å². The van der Waals surface area contributed by atoms with E-state index in [1.807, 2.05) is 6.92 Å². The summed E-state index contributed by atoms with van der Waals surface area (Å²) in [7, 11) is -2.77. The smallest absolute Gasteiger partial charge is 0.337 e. The lowest BCUT2D eigenvalue weighted by Crippen LogP contribution is -2.40. The topological polar surface area (TPSA) is 110 Å². The molecule has 1 rings (SSSR count). The van der Waals surface area contributed by atoms with Crippen molar-refractivity contribution in [2.45, 2.75) is 44.0 Å². The largest absolute Gasteiger partial charge is 0.480 e. The Morgan fingerprint density at radius 2 is 2.00 bits per heavy atom. The predicted octanol–water partition coefficient (Wildman–Crippen LogP) is 1.70. The zero-order valence-corrected chi connectivity index (χ0v) is 14.1. The van der Waals surface area contributed by atoms with Crippen LogP contribution in [0.3, 0.4) is 0 Å². The molecule has 0 spiro atoms. The zero-order valence-electron chi connectivity index (χ0n) is 13.3. The third-order valence-electron chi connectivity index (χ3n) is 3.33. The highest BCUT2D eigenvalue weighted by Gasteiger charge is 2.26. The highest BCUT2D eigenvalue weighted by atomic mass is 32.2. The minimum absolute atomic E-state index is 0.0621. The number of methoxy groups -OCH3 is 1. The molecule has 1 aromatic rings. The Hall–Kier alpha value is -1.93. The first-order chi connectivity index (χ1) is 10.7. The number of sulfonamides is 1. The number of esters is 1. The normalized spacial score (nSPS) is 12.7. The lowest BCUT2D eigenvalue weighted by atomic mass is 10.1. The van der Waals surface area contributed by atoms with Crippen molar-refractivity contribution < 1.29 is 27.9 Å². The third-order valence-corrected chi connectivity index (χ3v) is 4.96. The number of carboxylic acid groups (broad SMARTS) is 1. The van der Waals surface area contributed by atoms with Crippen LogP contribution in [-0.4, -0.2) is 38.6 Å². The van der Waals surface area contributed by atoms with Crippen molar-refractivity contribution in [3.63, 3.8) is 0 Å². The van der Waals surface area contributed by atoms with Crippen molar-refractivity contribution in [1.82, 2.24) is 4.72 Å². The van der Waals surface area contributed by atoms with Gasteiger partial charge in [-0.1, -0.05) is 19.8 Å². The number of unbranched alkanes of at least 4 members (excludes halogenated alkanes) is 1. The summed E-state index contributed by atoms with van der Waals surface area (Å²) in [5.41, 5.74) is 0.560. The van der Waals surface area contributed by atoms with Crippen LogP contribution in [0, 0.1) is 6.92 Å². The van der Waals surface area contributed by atoms with Crippen LogP contribution in [0.4, 0.5) is 0 Å². The first-order valence-corrected chi connectivity index (χ1v) is 8.65. The monoisotopic (exact) mass is 343 g/mol. The summed E-state index contributed by atoms with van der Waals surface area (Å²) in [5, 5.41) is 9.14. The highest BCUT2D eigenvalue weighted by molar-refractivity contribution is 7.89. The van der Waals surface area contributed by atoms with Gasteiger partial charge in [0.15, 0.2) is 0 Å². The number of aliphatic carboxylic acids is 1. The molecule has 1 aromatic carbocycles. The minimum atomic E-state index is -4.00. The Labute approximate surface area is 135 Å². The van der Waals surface area contributed by atoms with Gasteiger partial charge < -0.3 is 9.84 Å². The van der Waals surface area contributed by atoms with E-state index in [0.29, 0.717) is 12.0 Å². The standard InChI is InChI=1S/C15H21NO6S/c1-4-5-6-12(14(17)18)16-23(20,21)13-8-7-11(9-10(13)2)15(19)22-3/h7-9,12,16H,4-6H2,1-3H3,(H,17,18)/t12-/m0/s1. The molecule has 0 unspecified atom stereocenters. The van der Waals surface area contributed by atoms with Gasteiger partial charge in [-0.05, 0) is 37.1 Å². The lowest BCUT2D eigenvalue weighted by molar-refractivity contribution is -0.139. The van der Waals surface area contributed by atoms with Crippen molar-refractivity contribution in [2.75, 3.05) is 7.11 Å². The molecule has 8 heteroatoms. The van der Waals surface area contributed by atoms with Gasteiger partial charge in [0.25, 0.3) is 0 Å². The lowest BCUT2D eigenvalue weighted by Gasteiger charge is -2.16. The van der Waals surface area contributed by atoms with E-state index in [9.17, 15) is 18.0 Å². The fraction of sp³-hybridized carbons (Fsp3) is 0.467. The van der Waals surface area contributed by atoms with Crippen LogP contribution in [0.2, 0.25) is 0 Å². The molecule has 7 nitrogen and oxygen atoms in total. The average Bonchev–Trinajstić information content (AvgIpc) is 2.49. The Morgan fingerprint density at radius 3 is 2.48 bits per heavy atom. The number of rotatable bonds is 8. The molecule has 0 heterocycles. The number of hydrogen-bond acceptors (Lipinski definition) is 5. The number of carbonyl (C=O) groups is 2. The molecule has 0 aliphatic rings. The quantitative estimate of drug-likeness (QED) is 0.695. The van der Waals surface area contributed by atoms with E-state index in [4.69, 9.17) is 5.11 Å². The molecule has 0 amide bonds. The number of carbonyl (C=O) groups excluding carboxylic acids is 1. The van der Waals surface area contributed by atoms with Gasteiger partial charge in [-0.2, -0.15) is 4.72 Å². The summed E-state index contributed by atoms with van der Waals surface area (Å²) < 4.78 is 31.6. The van der Waals surface area contributed by atoms with E-state index in [1.165, 1.54) is 32.2 Å². The summed E-state index contributed by atoms with van der Waals surface area (Å²) in [4.78, 5) is 22.6. The van der Waals surface area contributed by atoms with Gasteiger partial charge in [-0.3, -0.25) is 4.79 Å². The first kappa shape index (κ1) is 19.1. The number of benzene rings is 1. The fourth-order valence-corrected chi connectivity index (χ4v) is 3.54. The first-order valence-electron chi connectivity index (χ1n) is 7.17. The Morgan fingerprint density at radius 1 is 1.35 bits per heavy atom. The molecular weight excluding hydrogens is 322 g/mol. The number of hydrogen-bond donors (Lipinski definition) is 2. The van der Waals surface area contributed by atoms with E-state index in [-0.39, 0.29) is 16.9 Å². The summed E-state index contributed by atoms with van der Waals surface area (Å²) >= 11 is 0. The SMILES string of the molecule is CCCC[C@H](NS(=O)(=O)c1ccc(C(=O)OC)cc1C)C(=O)O. The number of ether oxygens (including phenoxy) is 1. The fourth-order valence-electron chi connectivity index (χ4n) is 2.09. The van der Waals surface area contributed by atoms with Gasteiger partial charge in [-0.15, -0.1) is 0 Å². The van der Waals surface area contributed by atoms with Gasteiger partial charge in [0, 0.05) is 0 Å². The van der Waals surface area contributed by atoms with Crippen LogP contribution in [0.15, 0.2) is 23.1 Å². The molecule has 0 radical (unpaired) electrons. The number of aryl methyl sites for hydroxylation is 1. The molecule has 0 aliphatic carbocycles. The number of nitrogens with one attached hydrogen (secondary N) is 1. The second-order valence-electron chi connectivity index (χ2n) is 5.13. The maximum absolute atomic E-state index is 12.4. The summed E-state index contributed by atoms with van der Waals surface area (Å²) in [6.07, 6.45) is 1.57. The summed E-state index contributed by atoms with van der Waals surface area (Å²) in [6, 6.07) is 2.81. The Kier molecular flexibility index (Phi) is 6.71. The van der Waals surface area contributed by atoms with E-state index in [2.05, 4.69) is 9.46 Å². The second-order valence-corrected chi connectivity index (χ2v) is 6.81. The maximum Gasteiger partial charge on any atom is 0.337 e. The van der Waals surface area contributed by atoms with E-state index in [1.54, 1.807) is 0 Å². The zero-order chi connectivity index (χ0) is 17.6. The average molecular weight is 343 g/mol. The molecule has 0 saturated carbocycles. The molecule has 0 bridgehead atoms. The highest BCUT2D eigenvalue weighted by Crippen LogP contribution is 2.18. The van der Waals surface area contributed by atoms with Crippen molar-refractivity contribution in [3.8, 4) is 0 Å². The van der Waals surface area contributed by atoms with Crippen molar-refractivity contribution in [3.05, 3.63) is 29.3 Å².